The van der Waals surface area contributed by atoms with Crippen LogP contribution in [0.2, 0.25) is 0 Å². The summed E-state index contributed by atoms with van der Waals surface area (Å²) < 4.78 is 0. The van der Waals surface area contributed by atoms with Gasteiger partial charge in [-0.15, -0.1) is 0 Å². The van der Waals surface area contributed by atoms with Gasteiger partial charge in [0.1, 0.15) is 0 Å². The minimum atomic E-state index is 0.625. The number of nitrogens with zero attached hydrogens (tertiary/aromatic N) is 1. The molecule has 0 fully saturated rings. The van der Waals surface area contributed by atoms with E-state index >= 15 is 0 Å². The molecular weight excluding hydrogens is 122 g/mol. The van der Waals surface area contributed by atoms with E-state index in [1.807, 2.05) is 0 Å². The molecule has 0 aromatic rings. The highest BCUT2D eigenvalue weighted by atomic mass is 15.1. The summed E-state index contributed by atoms with van der Waals surface area (Å²) in [6.07, 6.45) is 6.58. The van der Waals surface area contributed by atoms with E-state index in [2.05, 4.69) is 44.0 Å². The highest BCUT2D eigenvalue weighted by Gasteiger charge is 2.04. The summed E-state index contributed by atoms with van der Waals surface area (Å²) in [6, 6.07) is 0.625. The molecule has 1 heterocycles. The second kappa shape index (κ2) is 2.91. The fourth-order valence-electron chi connectivity index (χ4n) is 1.08. The summed E-state index contributed by atoms with van der Waals surface area (Å²) in [5.41, 5.74) is 1.35. The summed E-state index contributed by atoms with van der Waals surface area (Å²) in [5, 5.41) is 0. The Labute approximate surface area is 63.0 Å². The molecule has 0 aliphatic carbocycles. The summed E-state index contributed by atoms with van der Waals surface area (Å²) in [6.45, 7) is 7.62. The molecule has 0 atom stereocenters. The average molecular weight is 137 g/mol. The van der Waals surface area contributed by atoms with Crippen molar-refractivity contribution in [3.8, 4) is 0 Å². The molecule has 0 bridgehead atoms. The standard InChI is InChI=1S/C9H15N/c1-8(2)10-6-4-5-9(3)7-10/h4-5,7-8H,6H2,1-3H3. The van der Waals surface area contributed by atoms with Crippen LogP contribution in [0.3, 0.4) is 0 Å². The first kappa shape index (κ1) is 7.39. The Morgan fingerprint density at radius 2 is 2.20 bits per heavy atom. The number of rotatable bonds is 1. The van der Waals surface area contributed by atoms with Crippen molar-refractivity contribution in [3.05, 3.63) is 23.9 Å². The Bertz CT molecular complexity index is 166. The first-order valence-corrected chi connectivity index (χ1v) is 3.81. The maximum atomic E-state index is 2.33. The largest absolute Gasteiger partial charge is 0.371 e. The summed E-state index contributed by atoms with van der Waals surface area (Å²) in [7, 11) is 0. The van der Waals surface area contributed by atoms with E-state index in [-0.39, 0.29) is 0 Å². The van der Waals surface area contributed by atoms with Crippen molar-refractivity contribution in [2.24, 2.45) is 0 Å². The van der Waals surface area contributed by atoms with Crippen LogP contribution in [-0.4, -0.2) is 17.5 Å². The molecule has 0 aromatic carbocycles. The second-order valence-electron chi connectivity index (χ2n) is 3.07. The minimum absolute atomic E-state index is 0.625. The molecule has 1 rings (SSSR count). The maximum absolute atomic E-state index is 2.33. The van der Waals surface area contributed by atoms with Crippen molar-refractivity contribution in [1.82, 2.24) is 4.90 Å². The van der Waals surface area contributed by atoms with Crippen molar-refractivity contribution < 1.29 is 0 Å². The molecule has 56 valence electrons. The molecule has 0 aromatic heterocycles. The fraction of sp³-hybridized carbons (Fsp3) is 0.556. The predicted molar refractivity (Wildman–Crippen MR) is 44.7 cm³/mol. The molecule has 10 heavy (non-hydrogen) atoms. The Balaban J connectivity index is 2.60. The molecule has 1 nitrogen and oxygen atoms in total. The van der Waals surface area contributed by atoms with Crippen LogP contribution in [0.25, 0.3) is 0 Å². The Hall–Kier alpha value is -0.720. The molecule has 0 spiro atoms. The molecule has 1 heteroatoms. The number of hydrogen-bond acceptors (Lipinski definition) is 1. The van der Waals surface area contributed by atoms with E-state index in [0.717, 1.165) is 6.54 Å². The molecule has 0 N–H and O–H groups in total. The highest BCUT2D eigenvalue weighted by molar-refractivity contribution is 5.19. The lowest BCUT2D eigenvalue weighted by atomic mass is 10.2. The normalized spacial score (nSPS) is 18.0. The van der Waals surface area contributed by atoms with Gasteiger partial charge >= 0.3 is 0 Å². The van der Waals surface area contributed by atoms with E-state index in [0.29, 0.717) is 6.04 Å². The van der Waals surface area contributed by atoms with Gasteiger partial charge < -0.3 is 4.90 Å². The molecule has 0 saturated carbocycles. The minimum Gasteiger partial charge on any atom is -0.371 e. The topological polar surface area (TPSA) is 3.24 Å². The Kier molecular flexibility index (Phi) is 2.15. The van der Waals surface area contributed by atoms with Crippen molar-refractivity contribution in [1.29, 1.82) is 0 Å². The lowest BCUT2D eigenvalue weighted by molar-refractivity contribution is 0.337. The van der Waals surface area contributed by atoms with Crippen molar-refractivity contribution >= 4 is 0 Å². The zero-order valence-electron chi connectivity index (χ0n) is 6.96. The van der Waals surface area contributed by atoms with Gasteiger partial charge in [-0.2, -0.15) is 0 Å². The van der Waals surface area contributed by atoms with E-state index in [1.165, 1.54) is 5.57 Å². The van der Waals surface area contributed by atoms with Crippen LogP contribution in [0, 0.1) is 0 Å². The third-order valence-corrected chi connectivity index (χ3v) is 1.73. The third kappa shape index (κ3) is 1.63. The van der Waals surface area contributed by atoms with Crippen LogP contribution >= 0.6 is 0 Å². The quantitative estimate of drug-likeness (QED) is 0.535. The molecule has 1 aliphatic heterocycles. The zero-order chi connectivity index (χ0) is 7.56. The predicted octanol–water partition coefficient (Wildman–Crippen LogP) is 2.17. The Morgan fingerprint density at radius 1 is 1.50 bits per heavy atom. The zero-order valence-corrected chi connectivity index (χ0v) is 6.96. The van der Waals surface area contributed by atoms with Crippen LogP contribution in [-0.2, 0) is 0 Å². The van der Waals surface area contributed by atoms with Crippen LogP contribution < -0.4 is 0 Å². The third-order valence-electron chi connectivity index (χ3n) is 1.73. The van der Waals surface area contributed by atoms with Crippen molar-refractivity contribution in [3.63, 3.8) is 0 Å². The van der Waals surface area contributed by atoms with Crippen LogP contribution in [0.5, 0.6) is 0 Å². The maximum Gasteiger partial charge on any atom is 0.0360 e. The van der Waals surface area contributed by atoms with Gasteiger partial charge in [-0.05, 0) is 26.3 Å². The van der Waals surface area contributed by atoms with Gasteiger partial charge in [0.2, 0.25) is 0 Å². The van der Waals surface area contributed by atoms with Gasteiger partial charge in [0.25, 0.3) is 0 Å². The average Bonchev–Trinajstić information content (AvgIpc) is 1.88. The number of hydrogen-bond donors (Lipinski definition) is 0. The van der Waals surface area contributed by atoms with E-state index in [9.17, 15) is 0 Å². The van der Waals surface area contributed by atoms with Crippen molar-refractivity contribution in [2.45, 2.75) is 26.8 Å². The van der Waals surface area contributed by atoms with Crippen molar-refractivity contribution in [2.75, 3.05) is 6.54 Å². The Morgan fingerprint density at radius 3 is 2.60 bits per heavy atom. The van der Waals surface area contributed by atoms with Gasteiger partial charge in [0.15, 0.2) is 0 Å². The number of allylic oxidation sites excluding steroid dienone is 2. The first-order chi connectivity index (χ1) is 4.70. The molecular formula is C9H15N. The summed E-state index contributed by atoms with van der Waals surface area (Å²) in [5.74, 6) is 0. The van der Waals surface area contributed by atoms with Crippen LogP contribution in [0.1, 0.15) is 20.8 Å². The van der Waals surface area contributed by atoms with Gasteiger partial charge in [-0.3, -0.25) is 0 Å². The fourth-order valence-corrected chi connectivity index (χ4v) is 1.08. The molecule has 0 saturated heterocycles. The molecule has 1 aliphatic rings. The summed E-state index contributed by atoms with van der Waals surface area (Å²) in [4.78, 5) is 2.33. The molecule has 0 amide bonds. The van der Waals surface area contributed by atoms with Crippen LogP contribution in [0.4, 0.5) is 0 Å². The van der Waals surface area contributed by atoms with Gasteiger partial charge in [0.05, 0.1) is 0 Å². The monoisotopic (exact) mass is 137 g/mol. The smallest absolute Gasteiger partial charge is 0.0360 e. The van der Waals surface area contributed by atoms with E-state index < -0.39 is 0 Å². The molecule has 0 unspecified atom stereocenters. The second-order valence-corrected chi connectivity index (χ2v) is 3.07. The summed E-state index contributed by atoms with van der Waals surface area (Å²) >= 11 is 0. The first-order valence-electron chi connectivity index (χ1n) is 3.81. The SMILES string of the molecule is CC1=CN(C(C)C)CC=C1. The lowest BCUT2D eigenvalue weighted by Crippen LogP contribution is -2.27. The van der Waals surface area contributed by atoms with Gasteiger partial charge in [0, 0.05) is 18.8 Å². The van der Waals surface area contributed by atoms with Crippen LogP contribution in [0.15, 0.2) is 23.9 Å². The lowest BCUT2D eigenvalue weighted by Gasteiger charge is -2.26. The highest BCUT2D eigenvalue weighted by Crippen LogP contribution is 2.08. The van der Waals surface area contributed by atoms with Gasteiger partial charge in [-0.1, -0.05) is 12.2 Å². The van der Waals surface area contributed by atoms with Gasteiger partial charge in [-0.25, -0.2) is 0 Å². The molecule has 0 radical (unpaired) electrons. The van der Waals surface area contributed by atoms with E-state index in [4.69, 9.17) is 0 Å². The van der Waals surface area contributed by atoms with E-state index in [1.54, 1.807) is 0 Å².